The van der Waals surface area contributed by atoms with Gasteiger partial charge >= 0.3 is 0 Å². The van der Waals surface area contributed by atoms with Crippen LogP contribution in [0.5, 0.6) is 0 Å². The van der Waals surface area contributed by atoms with E-state index in [-0.39, 0.29) is 23.6 Å². The van der Waals surface area contributed by atoms with Crippen LogP contribution >= 0.6 is 11.3 Å². The van der Waals surface area contributed by atoms with Crippen LogP contribution in [0.1, 0.15) is 25.5 Å². The molecule has 0 saturated carbocycles. The number of fused-ring (bicyclic) bond motifs is 4. The Morgan fingerprint density at radius 1 is 1.38 bits per heavy atom. The number of piperidine rings is 1. The van der Waals surface area contributed by atoms with E-state index in [1.54, 1.807) is 10.4 Å². The van der Waals surface area contributed by atoms with Crippen molar-refractivity contribution in [3.8, 4) is 0 Å². The van der Waals surface area contributed by atoms with Crippen molar-refractivity contribution < 1.29 is 18.0 Å². The van der Waals surface area contributed by atoms with Gasteiger partial charge < -0.3 is 9.80 Å². The fourth-order valence-corrected chi connectivity index (χ4v) is 4.64. The molecule has 9 heteroatoms. The number of carbonyl (C=O) groups excluding carboxylic acids is 2. The highest BCUT2D eigenvalue weighted by Crippen LogP contribution is 2.30. The molecule has 4 heterocycles. The summed E-state index contributed by atoms with van der Waals surface area (Å²) < 4.78 is 23.5. The monoisotopic (exact) mass is 371 g/mol. The van der Waals surface area contributed by atoms with E-state index < -0.39 is 21.5 Å². The molecule has 1 aromatic heterocycles. The van der Waals surface area contributed by atoms with Gasteiger partial charge in [-0.2, -0.15) is 0 Å². The van der Waals surface area contributed by atoms with Crippen LogP contribution in [0.25, 0.3) is 0 Å². The standard InChI is InChI=1S/C15H21N3O4S2/c1-2-24(21,22)9-14(19)17-5-11-3-4-13(7-17)18(15(11)20)6-12-8-23-10-16-12/h8,10-11,13H,2-7,9H2,1H3/t11-,13+/m0/s1. The Bertz CT molecular complexity index is 717. The molecule has 1 aromatic rings. The Kier molecular flexibility index (Phi) is 4.91. The largest absolute Gasteiger partial charge is 0.339 e. The van der Waals surface area contributed by atoms with E-state index >= 15 is 0 Å². The van der Waals surface area contributed by atoms with E-state index in [1.807, 2.05) is 10.3 Å². The zero-order valence-corrected chi connectivity index (χ0v) is 15.2. The molecular formula is C15H21N3O4S2. The fourth-order valence-electron chi connectivity index (χ4n) is 3.32. The first-order valence-electron chi connectivity index (χ1n) is 8.05. The zero-order valence-electron chi connectivity index (χ0n) is 13.6. The first kappa shape index (κ1) is 17.3. The minimum absolute atomic E-state index is 0.0473. The maximum absolute atomic E-state index is 12.7. The third-order valence-corrected chi connectivity index (χ3v) is 6.95. The molecule has 0 spiro atoms. The predicted octanol–water partition coefficient (Wildman–Crippen LogP) is 0.527. The lowest BCUT2D eigenvalue weighted by Crippen LogP contribution is -2.47. The van der Waals surface area contributed by atoms with Gasteiger partial charge in [0.15, 0.2) is 9.84 Å². The molecule has 24 heavy (non-hydrogen) atoms. The molecule has 0 unspecified atom stereocenters. The van der Waals surface area contributed by atoms with E-state index in [0.717, 1.165) is 18.5 Å². The Labute approximate surface area is 145 Å². The second kappa shape index (κ2) is 6.79. The summed E-state index contributed by atoms with van der Waals surface area (Å²) in [5, 5.41) is 1.92. The molecule has 0 radical (unpaired) electrons. The van der Waals surface area contributed by atoms with Gasteiger partial charge in [-0.15, -0.1) is 11.3 Å². The van der Waals surface area contributed by atoms with Crippen molar-refractivity contribution in [2.24, 2.45) is 5.92 Å². The summed E-state index contributed by atoms with van der Waals surface area (Å²) in [6.45, 7) is 2.72. The van der Waals surface area contributed by atoms with Gasteiger partial charge in [0.05, 0.1) is 23.7 Å². The molecule has 4 rings (SSSR count). The molecular weight excluding hydrogens is 350 g/mol. The molecule has 132 valence electrons. The highest BCUT2D eigenvalue weighted by atomic mass is 32.2. The molecule has 0 aliphatic carbocycles. The average molecular weight is 371 g/mol. The number of hydrogen-bond acceptors (Lipinski definition) is 6. The number of rotatable bonds is 5. The van der Waals surface area contributed by atoms with E-state index in [0.29, 0.717) is 19.6 Å². The Balaban J connectivity index is 1.75. The van der Waals surface area contributed by atoms with Gasteiger partial charge in [-0.1, -0.05) is 6.92 Å². The number of thiazole rings is 1. The molecule has 0 aromatic carbocycles. The molecule has 2 bridgehead atoms. The fraction of sp³-hybridized carbons (Fsp3) is 0.667. The smallest absolute Gasteiger partial charge is 0.237 e. The van der Waals surface area contributed by atoms with Crippen molar-refractivity contribution in [2.75, 3.05) is 24.6 Å². The van der Waals surface area contributed by atoms with Crippen LogP contribution in [-0.2, 0) is 26.0 Å². The van der Waals surface area contributed by atoms with Crippen molar-refractivity contribution >= 4 is 33.0 Å². The summed E-state index contributed by atoms with van der Waals surface area (Å²) in [4.78, 5) is 32.7. The molecule has 7 nitrogen and oxygen atoms in total. The van der Waals surface area contributed by atoms with Crippen LogP contribution in [-0.4, -0.2) is 65.7 Å². The van der Waals surface area contributed by atoms with Crippen LogP contribution in [0.15, 0.2) is 10.9 Å². The lowest BCUT2D eigenvalue weighted by atomic mass is 9.94. The minimum atomic E-state index is -3.36. The number of sulfone groups is 1. The first-order valence-corrected chi connectivity index (χ1v) is 10.8. The summed E-state index contributed by atoms with van der Waals surface area (Å²) in [6.07, 6.45) is 1.59. The summed E-state index contributed by atoms with van der Waals surface area (Å²) in [5.74, 6) is -1.10. The van der Waals surface area contributed by atoms with Crippen molar-refractivity contribution in [2.45, 2.75) is 32.4 Å². The van der Waals surface area contributed by atoms with Crippen molar-refractivity contribution in [1.29, 1.82) is 0 Å². The van der Waals surface area contributed by atoms with Crippen LogP contribution < -0.4 is 0 Å². The number of nitrogens with zero attached hydrogens (tertiary/aromatic N) is 3. The summed E-state index contributed by atoms with van der Waals surface area (Å²) in [5.41, 5.74) is 2.59. The highest BCUT2D eigenvalue weighted by molar-refractivity contribution is 7.92. The highest BCUT2D eigenvalue weighted by Gasteiger charge is 2.42. The van der Waals surface area contributed by atoms with Gasteiger partial charge in [-0.05, 0) is 12.8 Å². The topological polar surface area (TPSA) is 87.7 Å². The third-order valence-electron chi connectivity index (χ3n) is 4.75. The van der Waals surface area contributed by atoms with Crippen LogP contribution in [0.2, 0.25) is 0 Å². The molecule has 0 N–H and O–H groups in total. The average Bonchev–Trinajstić information content (AvgIpc) is 2.90. The van der Waals surface area contributed by atoms with Gasteiger partial charge in [-0.3, -0.25) is 9.59 Å². The van der Waals surface area contributed by atoms with Crippen molar-refractivity contribution in [3.05, 3.63) is 16.6 Å². The molecule has 3 aliphatic rings. The minimum Gasteiger partial charge on any atom is -0.339 e. The lowest BCUT2D eigenvalue weighted by molar-refractivity contribution is -0.140. The Morgan fingerprint density at radius 2 is 2.17 bits per heavy atom. The normalized spacial score (nSPS) is 24.3. The van der Waals surface area contributed by atoms with Crippen LogP contribution in [0.4, 0.5) is 0 Å². The molecule has 2 amide bonds. The van der Waals surface area contributed by atoms with E-state index in [1.165, 1.54) is 18.3 Å². The lowest BCUT2D eigenvalue weighted by Gasteiger charge is -2.35. The quantitative estimate of drug-likeness (QED) is 0.753. The molecule has 3 fully saturated rings. The number of carbonyl (C=O) groups is 2. The van der Waals surface area contributed by atoms with Gasteiger partial charge in [-0.25, -0.2) is 13.4 Å². The van der Waals surface area contributed by atoms with E-state index in [9.17, 15) is 18.0 Å². The third kappa shape index (κ3) is 3.61. The molecule has 3 saturated heterocycles. The molecule has 2 atom stereocenters. The van der Waals surface area contributed by atoms with Gasteiger partial charge in [0, 0.05) is 30.3 Å². The Hall–Kier alpha value is -1.48. The number of amides is 2. The first-order chi connectivity index (χ1) is 11.4. The van der Waals surface area contributed by atoms with E-state index in [4.69, 9.17) is 0 Å². The van der Waals surface area contributed by atoms with Gasteiger partial charge in [0.1, 0.15) is 5.75 Å². The zero-order chi connectivity index (χ0) is 17.3. The van der Waals surface area contributed by atoms with Gasteiger partial charge in [0.2, 0.25) is 11.8 Å². The summed E-state index contributed by atoms with van der Waals surface area (Å²) in [6, 6.07) is -0.0637. The predicted molar refractivity (Wildman–Crippen MR) is 90.1 cm³/mol. The van der Waals surface area contributed by atoms with Crippen molar-refractivity contribution in [1.82, 2.24) is 14.8 Å². The summed E-state index contributed by atoms with van der Waals surface area (Å²) in [7, 11) is -3.36. The van der Waals surface area contributed by atoms with Crippen LogP contribution in [0, 0.1) is 5.92 Å². The number of aromatic nitrogens is 1. The number of hydrogen-bond donors (Lipinski definition) is 0. The van der Waals surface area contributed by atoms with Crippen molar-refractivity contribution in [3.63, 3.8) is 0 Å². The molecule has 3 aliphatic heterocycles. The SMILES string of the molecule is CCS(=O)(=O)CC(=O)N1C[C@@H]2CC[C@H](C1)N(Cc1cscn1)C2=O. The maximum atomic E-state index is 12.7. The second-order valence-corrected chi connectivity index (χ2v) is 9.42. The van der Waals surface area contributed by atoms with E-state index in [2.05, 4.69) is 4.98 Å². The van der Waals surface area contributed by atoms with Gasteiger partial charge in [0.25, 0.3) is 0 Å². The Morgan fingerprint density at radius 3 is 2.83 bits per heavy atom. The van der Waals surface area contributed by atoms with Crippen LogP contribution in [0.3, 0.4) is 0 Å². The maximum Gasteiger partial charge on any atom is 0.237 e. The summed E-state index contributed by atoms with van der Waals surface area (Å²) >= 11 is 1.49. The second-order valence-electron chi connectivity index (χ2n) is 6.35.